The number of halogens is 1. The molecular formula is C19H27FN6O. The quantitative estimate of drug-likeness (QED) is 0.574. The fraction of sp³-hybridized carbons (Fsp3) is 0.421. The van der Waals surface area contributed by atoms with Crippen LogP contribution in [-0.4, -0.2) is 53.2 Å². The minimum absolute atomic E-state index is 0.0331. The Labute approximate surface area is 159 Å². The minimum atomic E-state index is -0.283. The van der Waals surface area contributed by atoms with Crippen LogP contribution in [0.25, 0.3) is 5.69 Å². The average Bonchev–Trinajstić information content (AvgIpc) is 3.12. The maximum atomic E-state index is 13.0. The van der Waals surface area contributed by atoms with Crippen LogP contribution in [0.15, 0.2) is 41.5 Å². The monoisotopic (exact) mass is 374 g/mol. The molecule has 146 valence electrons. The topological polar surface area (TPSA) is 74.5 Å². The summed E-state index contributed by atoms with van der Waals surface area (Å²) in [7, 11) is 3.43. The molecule has 1 aromatic carbocycles. The third-order valence-corrected chi connectivity index (χ3v) is 4.04. The fourth-order valence-corrected chi connectivity index (χ4v) is 2.15. The molecule has 1 unspecified atom stereocenters. The van der Waals surface area contributed by atoms with Crippen molar-refractivity contribution >= 4 is 11.9 Å². The molecule has 1 aromatic heterocycles. The lowest BCUT2D eigenvalue weighted by Gasteiger charge is -2.18. The number of aromatic nitrogens is 2. The predicted molar refractivity (Wildman–Crippen MR) is 104 cm³/mol. The van der Waals surface area contributed by atoms with Gasteiger partial charge in [0.2, 0.25) is 5.91 Å². The molecule has 0 aliphatic heterocycles. The van der Waals surface area contributed by atoms with Gasteiger partial charge in [0.25, 0.3) is 0 Å². The molecular weight excluding hydrogens is 347 g/mol. The molecule has 27 heavy (non-hydrogen) atoms. The molecule has 2 aromatic rings. The number of amides is 1. The van der Waals surface area contributed by atoms with Gasteiger partial charge in [0.05, 0.1) is 24.5 Å². The zero-order chi connectivity index (χ0) is 19.8. The van der Waals surface area contributed by atoms with Crippen molar-refractivity contribution in [2.45, 2.75) is 32.9 Å². The number of carbonyl (C=O) groups excluding carboxylic acids is 1. The molecule has 1 amide bonds. The zero-order valence-corrected chi connectivity index (χ0v) is 16.2. The molecule has 7 nitrogen and oxygen atoms in total. The van der Waals surface area contributed by atoms with Gasteiger partial charge in [-0.1, -0.05) is 6.92 Å². The van der Waals surface area contributed by atoms with Gasteiger partial charge in [-0.3, -0.25) is 4.79 Å². The Bertz CT molecular complexity index is 769. The van der Waals surface area contributed by atoms with Gasteiger partial charge in [-0.25, -0.2) is 14.1 Å². The summed E-state index contributed by atoms with van der Waals surface area (Å²) in [6, 6.07) is 8.21. The number of nitrogens with one attached hydrogen (secondary N) is 2. The minimum Gasteiger partial charge on any atom is -0.354 e. The van der Waals surface area contributed by atoms with Crippen molar-refractivity contribution in [1.29, 1.82) is 0 Å². The number of rotatable bonds is 7. The first kappa shape index (κ1) is 20.4. The van der Waals surface area contributed by atoms with Crippen molar-refractivity contribution in [2.24, 2.45) is 4.99 Å². The molecule has 0 radical (unpaired) electrons. The van der Waals surface area contributed by atoms with Crippen molar-refractivity contribution < 1.29 is 9.18 Å². The summed E-state index contributed by atoms with van der Waals surface area (Å²) < 4.78 is 14.7. The number of guanidine groups is 1. The van der Waals surface area contributed by atoms with E-state index in [1.165, 1.54) is 17.0 Å². The second kappa shape index (κ2) is 9.70. The predicted octanol–water partition coefficient (Wildman–Crippen LogP) is 1.93. The molecule has 0 saturated heterocycles. The second-order valence-corrected chi connectivity index (χ2v) is 6.49. The fourth-order valence-electron chi connectivity index (χ4n) is 2.15. The smallest absolute Gasteiger partial charge is 0.241 e. The van der Waals surface area contributed by atoms with E-state index in [1.54, 1.807) is 30.9 Å². The number of carbonyl (C=O) groups is 1. The Kier molecular flexibility index (Phi) is 7.34. The van der Waals surface area contributed by atoms with E-state index in [9.17, 15) is 9.18 Å². The average molecular weight is 374 g/mol. The molecule has 2 rings (SSSR count). The van der Waals surface area contributed by atoms with E-state index in [4.69, 9.17) is 0 Å². The van der Waals surface area contributed by atoms with E-state index in [0.29, 0.717) is 12.5 Å². The van der Waals surface area contributed by atoms with E-state index >= 15 is 0 Å². The first-order chi connectivity index (χ1) is 12.9. The number of hydrogen-bond acceptors (Lipinski definition) is 3. The Morgan fingerprint density at radius 3 is 2.63 bits per heavy atom. The van der Waals surface area contributed by atoms with Gasteiger partial charge in [0.1, 0.15) is 5.82 Å². The molecule has 0 saturated carbocycles. The number of nitrogens with zero attached hydrogens (tertiary/aromatic N) is 4. The third kappa shape index (κ3) is 6.40. The van der Waals surface area contributed by atoms with Crippen LogP contribution in [-0.2, 0) is 11.3 Å². The summed E-state index contributed by atoms with van der Waals surface area (Å²) >= 11 is 0. The zero-order valence-electron chi connectivity index (χ0n) is 16.2. The lowest BCUT2D eigenvalue weighted by atomic mass is 10.3. The van der Waals surface area contributed by atoms with Crippen LogP contribution in [0.4, 0.5) is 4.39 Å². The highest BCUT2D eigenvalue weighted by Crippen LogP contribution is 2.09. The van der Waals surface area contributed by atoms with Crippen LogP contribution in [0.3, 0.4) is 0 Å². The first-order valence-electron chi connectivity index (χ1n) is 8.94. The largest absolute Gasteiger partial charge is 0.354 e. The molecule has 0 aliphatic rings. The highest BCUT2D eigenvalue weighted by atomic mass is 19.1. The summed E-state index contributed by atoms with van der Waals surface area (Å²) in [6.07, 6.45) is 2.74. The van der Waals surface area contributed by atoms with Gasteiger partial charge in [-0.15, -0.1) is 0 Å². The molecule has 0 bridgehead atoms. The van der Waals surface area contributed by atoms with Crippen LogP contribution in [0.1, 0.15) is 26.0 Å². The Balaban J connectivity index is 2.05. The Morgan fingerprint density at radius 2 is 2.00 bits per heavy atom. The van der Waals surface area contributed by atoms with E-state index in [1.807, 2.05) is 19.2 Å². The number of likely N-dealkylation sites (N-methyl/N-ethyl adjacent to an activating group) is 1. The highest BCUT2D eigenvalue weighted by Gasteiger charge is 2.08. The summed E-state index contributed by atoms with van der Waals surface area (Å²) in [4.78, 5) is 17.8. The van der Waals surface area contributed by atoms with Crippen LogP contribution in [0.5, 0.6) is 0 Å². The molecule has 0 aliphatic carbocycles. The number of benzene rings is 1. The highest BCUT2D eigenvalue weighted by molar-refractivity contribution is 5.86. The Hall–Kier alpha value is -2.90. The molecule has 1 atom stereocenters. The van der Waals surface area contributed by atoms with Gasteiger partial charge >= 0.3 is 0 Å². The molecule has 2 N–H and O–H groups in total. The van der Waals surface area contributed by atoms with Gasteiger partial charge in [-0.2, -0.15) is 5.10 Å². The summed E-state index contributed by atoms with van der Waals surface area (Å²) in [5.74, 6) is 0.250. The molecule has 0 spiro atoms. The lowest BCUT2D eigenvalue weighted by molar-refractivity contribution is -0.127. The van der Waals surface area contributed by atoms with E-state index in [-0.39, 0.29) is 24.3 Å². The van der Waals surface area contributed by atoms with Crippen molar-refractivity contribution in [3.8, 4) is 5.69 Å². The maximum Gasteiger partial charge on any atom is 0.241 e. The SMILES string of the molecule is CCC(C)NC(=NCc1ccn(-c2ccc(F)cc2)n1)NCC(=O)N(C)C. The van der Waals surface area contributed by atoms with Crippen LogP contribution in [0, 0.1) is 5.82 Å². The van der Waals surface area contributed by atoms with E-state index < -0.39 is 0 Å². The van der Waals surface area contributed by atoms with Crippen molar-refractivity contribution in [3.05, 3.63) is 48.0 Å². The lowest BCUT2D eigenvalue weighted by Crippen LogP contribution is -2.45. The number of aliphatic imine (C=N–C) groups is 1. The van der Waals surface area contributed by atoms with Crippen LogP contribution < -0.4 is 10.6 Å². The molecule has 8 heteroatoms. The van der Waals surface area contributed by atoms with E-state index in [0.717, 1.165) is 17.8 Å². The standard InChI is InChI=1S/C19H27FN6O/c1-5-14(2)23-19(22-13-18(27)25(3)4)21-12-16-10-11-26(24-16)17-8-6-15(20)7-9-17/h6-11,14H,5,12-13H2,1-4H3,(H2,21,22,23). The molecule has 1 heterocycles. The van der Waals surface area contributed by atoms with Crippen molar-refractivity contribution in [2.75, 3.05) is 20.6 Å². The maximum absolute atomic E-state index is 13.0. The van der Waals surface area contributed by atoms with Gasteiger partial charge in [-0.05, 0) is 43.7 Å². The number of hydrogen-bond donors (Lipinski definition) is 2. The van der Waals surface area contributed by atoms with E-state index in [2.05, 4.69) is 27.6 Å². The summed E-state index contributed by atoms with van der Waals surface area (Å²) in [6.45, 7) is 4.65. The molecule has 0 fully saturated rings. The summed E-state index contributed by atoms with van der Waals surface area (Å²) in [5.41, 5.74) is 1.54. The Morgan fingerprint density at radius 1 is 1.30 bits per heavy atom. The normalized spacial score (nSPS) is 12.6. The van der Waals surface area contributed by atoms with Gasteiger partial charge < -0.3 is 15.5 Å². The van der Waals surface area contributed by atoms with Crippen molar-refractivity contribution in [1.82, 2.24) is 25.3 Å². The van der Waals surface area contributed by atoms with Crippen LogP contribution in [0.2, 0.25) is 0 Å². The first-order valence-corrected chi connectivity index (χ1v) is 8.94. The second-order valence-electron chi connectivity index (χ2n) is 6.49. The summed E-state index contributed by atoms with van der Waals surface area (Å²) in [5, 5.41) is 10.8. The van der Waals surface area contributed by atoms with Crippen LogP contribution >= 0.6 is 0 Å². The van der Waals surface area contributed by atoms with Gasteiger partial charge in [0, 0.05) is 26.3 Å². The third-order valence-electron chi connectivity index (χ3n) is 4.04. The van der Waals surface area contributed by atoms with Gasteiger partial charge in [0.15, 0.2) is 5.96 Å². The van der Waals surface area contributed by atoms with Crippen molar-refractivity contribution in [3.63, 3.8) is 0 Å².